The Kier molecular flexibility index (Phi) is 5.13. The van der Waals surface area contributed by atoms with Crippen molar-refractivity contribution in [2.45, 2.75) is 6.23 Å². The van der Waals surface area contributed by atoms with Crippen LogP contribution in [0.5, 0.6) is 0 Å². The maximum atomic E-state index is 14.2. The molecule has 2 aliphatic rings. The van der Waals surface area contributed by atoms with Gasteiger partial charge >= 0.3 is 0 Å². The van der Waals surface area contributed by atoms with Crippen LogP contribution in [-0.2, 0) is 0 Å². The van der Waals surface area contributed by atoms with E-state index in [1.807, 2.05) is 78.9 Å². The standard InChI is InChI=1S/C42H22N4O4/c47-39-31-9-5-27-29-7-11-33-38-34(42(50)46(41(33)49)26-4-2-22-14-16-44-20-24(22)18-26)12-8-30(36(29)38)28-6-10-32(37(31)35(27)28)40(48)45(39)25-3-1-21-13-15-43-19-23(21)17-25/h1-20,39,47H. The maximum Gasteiger partial charge on any atom is 0.265 e. The highest BCUT2D eigenvalue weighted by Gasteiger charge is 2.38. The number of hydrogen-bond donors (Lipinski definition) is 1. The molecule has 50 heavy (non-hydrogen) atoms. The van der Waals surface area contributed by atoms with E-state index in [0.717, 1.165) is 53.9 Å². The van der Waals surface area contributed by atoms with Crippen molar-refractivity contribution in [3.05, 3.63) is 144 Å². The Morgan fingerprint density at radius 1 is 0.480 bits per heavy atom. The highest BCUT2D eigenvalue weighted by Crippen LogP contribution is 2.48. The molecule has 4 heterocycles. The monoisotopic (exact) mass is 646 g/mol. The molecule has 0 bridgehead atoms. The number of fused-ring (bicyclic) bond motifs is 4. The zero-order valence-electron chi connectivity index (χ0n) is 26.1. The van der Waals surface area contributed by atoms with E-state index in [0.29, 0.717) is 44.4 Å². The van der Waals surface area contributed by atoms with Crippen LogP contribution in [-0.4, -0.2) is 32.8 Å². The van der Waals surface area contributed by atoms with E-state index in [9.17, 15) is 19.5 Å². The van der Waals surface area contributed by atoms with Crippen LogP contribution in [0.25, 0.3) is 64.6 Å². The number of imide groups is 1. The number of nitrogens with zero attached hydrogens (tertiary/aromatic N) is 4. The van der Waals surface area contributed by atoms with E-state index in [1.165, 1.54) is 9.80 Å². The lowest BCUT2D eigenvalue weighted by Crippen LogP contribution is -2.40. The summed E-state index contributed by atoms with van der Waals surface area (Å²) in [5, 5.41) is 22.0. The van der Waals surface area contributed by atoms with Gasteiger partial charge in [0.1, 0.15) is 0 Å². The van der Waals surface area contributed by atoms with Gasteiger partial charge in [-0.15, -0.1) is 0 Å². The summed E-state index contributed by atoms with van der Waals surface area (Å²) < 4.78 is 0. The normalized spacial score (nSPS) is 15.9. The number of amides is 3. The lowest BCUT2D eigenvalue weighted by Gasteiger charge is -2.35. The highest BCUT2D eigenvalue weighted by atomic mass is 16.3. The van der Waals surface area contributed by atoms with Crippen molar-refractivity contribution in [1.29, 1.82) is 0 Å². The van der Waals surface area contributed by atoms with Gasteiger partial charge in [0.15, 0.2) is 6.23 Å². The van der Waals surface area contributed by atoms with E-state index in [4.69, 9.17) is 0 Å². The number of carbonyl (C=O) groups is 3. The molecular weight excluding hydrogens is 624 g/mol. The summed E-state index contributed by atoms with van der Waals surface area (Å²) in [5.74, 6) is -1.07. The smallest absolute Gasteiger partial charge is 0.265 e. The van der Waals surface area contributed by atoms with Crippen LogP contribution in [0, 0.1) is 0 Å². The number of aromatic nitrogens is 2. The van der Waals surface area contributed by atoms with Crippen molar-refractivity contribution in [2.75, 3.05) is 9.80 Å². The molecule has 0 fully saturated rings. The van der Waals surface area contributed by atoms with Gasteiger partial charge in [0.25, 0.3) is 17.7 Å². The van der Waals surface area contributed by atoms with Crippen LogP contribution in [0.1, 0.15) is 42.9 Å². The van der Waals surface area contributed by atoms with E-state index in [-0.39, 0.29) is 17.7 Å². The highest BCUT2D eigenvalue weighted by molar-refractivity contribution is 6.43. The van der Waals surface area contributed by atoms with Crippen molar-refractivity contribution in [3.63, 3.8) is 0 Å². The molecule has 0 spiro atoms. The number of aliphatic hydroxyl groups excluding tert-OH is 1. The molecule has 7 aromatic carbocycles. The number of rotatable bonds is 2. The van der Waals surface area contributed by atoms with Crippen LogP contribution < -0.4 is 9.80 Å². The molecule has 234 valence electrons. The number of aliphatic hydroxyl groups is 1. The molecular formula is C42H22N4O4. The fourth-order valence-electron chi connectivity index (χ4n) is 8.30. The quantitative estimate of drug-likeness (QED) is 0.115. The van der Waals surface area contributed by atoms with Gasteiger partial charge in [-0.25, -0.2) is 4.90 Å². The summed E-state index contributed by atoms with van der Waals surface area (Å²) in [7, 11) is 0. The molecule has 8 heteroatoms. The first kappa shape index (κ1) is 27.2. The first-order valence-corrected chi connectivity index (χ1v) is 16.3. The predicted octanol–water partition coefficient (Wildman–Crippen LogP) is 8.29. The van der Waals surface area contributed by atoms with Crippen molar-refractivity contribution >= 4 is 93.7 Å². The first-order valence-electron chi connectivity index (χ1n) is 16.3. The fraction of sp³-hybridized carbons (Fsp3) is 0.0238. The van der Waals surface area contributed by atoms with Gasteiger partial charge in [0.05, 0.1) is 5.69 Å². The zero-order chi connectivity index (χ0) is 33.4. The van der Waals surface area contributed by atoms with Gasteiger partial charge in [0, 0.05) is 74.3 Å². The molecule has 9 aromatic rings. The summed E-state index contributed by atoms with van der Waals surface area (Å²) in [6, 6.07) is 30.0. The summed E-state index contributed by atoms with van der Waals surface area (Å²) in [5.41, 5.74) is 3.10. The zero-order valence-corrected chi connectivity index (χ0v) is 26.1. The van der Waals surface area contributed by atoms with Crippen LogP contribution in [0.2, 0.25) is 0 Å². The van der Waals surface area contributed by atoms with Gasteiger partial charge in [-0.05, 0) is 97.7 Å². The average molecular weight is 647 g/mol. The van der Waals surface area contributed by atoms with Gasteiger partial charge in [-0.3, -0.25) is 29.3 Å². The van der Waals surface area contributed by atoms with E-state index >= 15 is 0 Å². The Labute approximate surface area is 282 Å². The van der Waals surface area contributed by atoms with E-state index in [2.05, 4.69) is 9.97 Å². The molecule has 3 amide bonds. The topological polar surface area (TPSA) is 104 Å². The Balaban J connectivity index is 1.11. The largest absolute Gasteiger partial charge is 0.369 e. The van der Waals surface area contributed by atoms with Gasteiger partial charge in [-0.2, -0.15) is 0 Å². The van der Waals surface area contributed by atoms with Crippen LogP contribution in [0.4, 0.5) is 11.4 Å². The van der Waals surface area contributed by atoms with Crippen molar-refractivity contribution in [3.8, 4) is 0 Å². The van der Waals surface area contributed by atoms with E-state index in [1.54, 1.807) is 43.0 Å². The van der Waals surface area contributed by atoms with Gasteiger partial charge in [0.2, 0.25) is 0 Å². The minimum absolute atomic E-state index is 0.297. The number of benzene rings is 7. The second-order valence-electron chi connectivity index (χ2n) is 13.0. The van der Waals surface area contributed by atoms with Gasteiger partial charge < -0.3 is 5.11 Å². The Hall–Kier alpha value is -6.77. The third-order valence-electron chi connectivity index (χ3n) is 10.6. The molecule has 2 aromatic heterocycles. The van der Waals surface area contributed by atoms with E-state index < -0.39 is 6.23 Å². The predicted molar refractivity (Wildman–Crippen MR) is 194 cm³/mol. The molecule has 11 rings (SSSR count). The van der Waals surface area contributed by atoms with Crippen LogP contribution >= 0.6 is 0 Å². The molecule has 1 N–H and O–H groups in total. The lowest BCUT2D eigenvalue weighted by molar-refractivity contribution is 0.0872. The molecule has 1 atom stereocenters. The number of pyridine rings is 2. The molecule has 0 aliphatic carbocycles. The molecule has 2 aliphatic heterocycles. The number of carbonyl (C=O) groups excluding carboxylic acids is 3. The summed E-state index contributed by atoms with van der Waals surface area (Å²) in [4.78, 5) is 53.6. The SMILES string of the molecule is O=C1c2ccc3c4ccc5c6c(ccc(c7ccc(c2c37)C(=O)N1c1ccc2ccncc2c1)c64)C(O)N(c1ccc2ccncc2c1)C5=O. The molecule has 0 saturated heterocycles. The number of anilines is 2. The molecule has 1 unspecified atom stereocenters. The maximum absolute atomic E-state index is 14.2. The van der Waals surface area contributed by atoms with Crippen molar-refractivity contribution in [2.24, 2.45) is 0 Å². The summed E-state index contributed by atoms with van der Waals surface area (Å²) in [6.07, 6.45) is 5.68. The minimum atomic E-state index is -1.21. The number of hydrogen-bond acceptors (Lipinski definition) is 6. The summed E-state index contributed by atoms with van der Waals surface area (Å²) in [6.45, 7) is 0. The second-order valence-corrected chi connectivity index (χ2v) is 13.0. The Morgan fingerprint density at radius 2 is 0.980 bits per heavy atom. The summed E-state index contributed by atoms with van der Waals surface area (Å²) >= 11 is 0. The molecule has 0 radical (unpaired) electrons. The van der Waals surface area contributed by atoms with Crippen LogP contribution in [0.3, 0.4) is 0 Å². The third-order valence-corrected chi connectivity index (χ3v) is 10.6. The average Bonchev–Trinajstić information content (AvgIpc) is 3.15. The Morgan fingerprint density at radius 3 is 1.58 bits per heavy atom. The molecule has 8 nitrogen and oxygen atoms in total. The van der Waals surface area contributed by atoms with Crippen LogP contribution in [0.15, 0.2) is 122 Å². The van der Waals surface area contributed by atoms with Crippen molar-refractivity contribution < 1.29 is 19.5 Å². The molecule has 0 saturated carbocycles. The fourth-order valence-corrected chi connectivity index (χ4v) is 8.30. The Bertz CT molecular complexity index is 2970. The van der Waals surface area contributed by atoms with Crippen molar-refractivity contribution in [1.82, 2.24) is 9.97 Å². The lowest BCUT2D eigenvalue weighted by atomic mass is 9.82. The minimum Gasteiger partial charge on any atom is -0.369 e. The third kappa shape index (κ3) is 3.35. The second kappa shape index (κ2) is 9.43. The van der Waals surface area contributed by atoms with Gasteiger partial charge in [-0.1, -0.05) is 42.5 Å². The first-order chi connectivity index (χ1) is 24.5.